The maximum atomic E-state index is 13.6. The quantitative estimate of drug-likeness (QED) is 0.338. The molecule has 0 aliphatic carbocycles. The number of carbonyl (C=O) groups is 1. The number of nitrogens with zero attached hydrogens (tertiary/aromatic N) is 2. The van der Waals surface area contributed by atoms with E-state index in [9.17, 15) is 9.59 Å². The maximum absolute atomic E-state index is 13.6. The van der Waals surface area contributed by atoms with Crippen molar-refractivity contribution in [1.29, 1.82) is 0 Å². The number of benzene rings is 3. The zero-order chi connectivity index (χ0) is 23.1. The molecule has 0 spiro atoms. The molecule has 3 heterocycles. The summed E-state index contributed by atoms with van der Waals surface area (Å²) in [6.45, 7) is 0.410. The van der Waals surface area contributed by atoms with Crippen molar-refractivity contribution in [3.63, 3.8) is 0 Å². The van der Waals surface area contributed by atoms with E-state index in [1.165, 1.54) is 16.2 Å². The molecule has 0 bridgehead atoms. The van der Waals surface area contributed by atoms with Gasteiger partial charge in [0.2, 0.25) is 5.76 Å². The number of thiazole rings is 1. The zero-order valence-electron chi connectivity index (χ0n) is 17.9. The van der Waals surface area contributed by atoms with Gasteiger partial charge in [0, 0.05) is 11.6 Å². The van der Waals surface area contributed by atoms with Crippen LogP contribution in [-0.4, -0.2) is 10.9 Å². The summed E-state index contributed by atoms with van der Waals surface area (Å²) in [6.07, 6.45) is 1.64. The summed E-state index contributed by atoms with van der Waals surface area (Å²) in [5, 5.41) is 2.74. The van der Waals surface area contributed by atoms with Gasteiger partial charge >= 0.3 is 0 Å². The molecule has 0 saturated heterocycles. The molecule has 1 aliphatic rings. The van der Waals surface area contributed by atoms with E-state index in [1.807, 2.05) is 54.6 Å². The molecule has 1 atom stereocenters. The number of rotatable bonds is 5. The maximum Gasteiger partial charge on any atom is 0.297 e. The van der Waals surface area contributed by atoms with Crippen LogP contribution in [0.1, 0.15) is 33.3 Å². The lowest BCUT2D eigenvalue weighted by Crippen LogP contribution is -2.29. The fourth-order valence-corrected chi connectivity index (χ4v) is 4.95. The zero-order valence-corrected chi connectivity index (χ0v) is 18.7. The van der Waals surface area contributed by atoms with Crippen molar-refractivity contribution in [1.82, 2.24) is 4.98 Å². The van der Waals surface area contributed by atoms with Crippen molar-refractivity contribution >= 4 is 33.3 Å². The smallest absolute Gasteiger partial charge is 0.297 e. The molecule has 0 radical (unpaired) electrons. The van der Waals surface area contributed by atoms with Gasteiger partial charge in [-0.15, -0.1) is 11.3 Å². The van der Waals surface area contributed by atoms with Crippen molar-refractivity contribution in [2.24, 2.45) is 0 Å². The molecule has 1 amide bonds. The van der Waals surface area contributed by atoms with Gasteiger partial charge < -0.3 is 9.15 Å². The van der Waals surface area contributed by atoms with E-state index in [1.54, 1.807) is 35.8 Å². The largest absolute Gasteiger partial charge is 0.489 e. The van der Waals surface area contributed by atoms with Crippen molar-refractivity contribution in [2.75, 3.05) is 4.90 Å². The van der Waals surface area contributed by atoms with Gasteiger partial charge in [0.1, 0.15) is 17.9 Å². The van der Waals surface area contributed by atoms with E-state index in [0.717, 1.165) is 11.1 Å². The number of anilines is 1. The Morgan fingerprint density at radius 2 is 1.79 bits per heavy atom. The Kier molecular flexibility index (Phi) is 4.96. The highest BCUT2D eigenvalue weighted by Crippen LogP contribution is 2.42. The number of amides is 1. The first-order valence-electron chi connectivity index (χ1n) is 10.8. The summed E-state index contributed by atoms with van der Waals surface area (Å²) >= 11 is 1.33. The number of hydrogen-bond donors (Lipinski definition) is 0. The van der Waals surface area contributed by atoms with Crippen LogP contribution in [0.5, 0.6) is 5.75 Å². The molecule has 6 nitrogen and oxygen atoms in total. The van der Waals surface area contributed by atoms with Gasteiger partial charge in [0.15, 0.2) is 10.6 Å². The number of carbonyl (C=O) groups excluding carboxylic acids is 1. The Morgan fingerprint density at radius 3 is 2.62 bits per heavy atom. The molecule has 5 aromatic rings. The van der Waals surface area contributed by atoms with E-state index < -0.39 is 6.04 Å². The molecule has 34 heavy (non-hydrogen) atoms. The summed E-state index contributed by atoms with van der Waals surface area (Å²) < 4.78 is 12.0. The first kappa shape index (κ1) is 20.4. The number of hydrogen-bond acceptors (Lipinski definition) is 6. The summed E-state index contributed by atoms with van der Waals surface area (Å²) in [5.74, 6) is 0.319. The Labute approximate surface area is 198 Å². The minimum atomic E-state index is -0.671. The highest BCUT2D eigenvalue weighted by molar-refractivity contribution is 7.13. The van der Waals surface area contributed by atoms with Crippen LogP contribution >= 0.6 is 11.3 Å². The number of aromatic nitrogens is 1. The van der Waals surface area contributed by atoms with Crippen LogP contribution in [0, 0.1) is 0 Å². The predicted octanol–water partition coefficient (Wildman–Crippen LogP) is 5.58. The molecule has 7 heteroatoms. The third kappa shape index (κ3) is 3.38. The number of ether oxygens (including phenoxy) is 1. The van der Waals surface area contributed by atoms with Gasteiger partial charge in [-0.2, -0.15) is 0 Å². The molecular formula is C27H18N2O4S. The van der Waals surface area contributed by atoms with E-state index in [-0.39, 0.29) is 17.1 Å². The monoisotopic (exact) mass is 466 g/mol. The normalized spacial score (nSPS) is 15.0. The number of fused-ring (bicyclic) bond motifs is 2. The first-order chi connectivity index (χ1) is 16.7. The van der Waals surface area contributed by atoms with Crippen LogP contribution in [0.2, 0.25) is 0 Å². The summed E-state index contributed by atoms with van der Waals surface area (Å²) in [5.41, 5.74) is 2.28. The second-order valence-electron chi connectivity index (χ2n) is 7.91. The Morgan fingerprint density at radius 1 is 0.971 bits per heavy atom. The van der Waals surface area contributed by atoms with Crippen LogP contribution in [0.25, 0.3) is 11.0 Å². The van der Waals surface area contributed by atoms with E-state index in [4.69, 9.17) is 9.15 Å². The Balaban J connectivity index is 1.47. The summed E-state index contributed by atoms with van der Waals surface area (Å²) in [4.78, 5) is 33.0. The fourth-order valence-electron chi connectivity index (χ4n) is 4.28. The molecule has 166 valence electrons. The molecule has 3 aromatic carbocycles. The van der Waals surface area contributed by atoms with Crippen LogP contribution in [0.15, 0.2) is 99.7 Å². The summed E-state index contributed by atoms with van der Waals surface area (Å²) in [6, 6.07) is 23.7. The molecule has 0 fully saturated rings. The highest BCUT2D eigenvalue weighted by atomic mass is 32.1. The van der Waals surface area contributed by atoms with Crippen LogP contribution in [0.4, 0.5) is 5.13 Å². The SMILES string of the molecule is O=C1c2oc3ccccc3c(=O)c2C(c2cccc(OCc3ccccc3)c2)N1c1nccs1. The third-order valence-electron chi connectivity index (χ3n) is 5.83. The van der Waals surface area contributed by atoms with Gasteiger partial charge in [-0.25, -0.2) is 4.98 Å². The van der Waals surface area contributed by atoms with Crippen molar-refractivity contribution in [3.8, 4) is 5.75 Å². The molecule has 0 N–H and O–H groups in total. The fraction of sp³-hybridized carbons (Fsp3) is 0.0741. The second kappa shape index (κ2) is 8.28. The third-order valence-corrected chi connectivity index (χ3v) is 6.60. The average molecular weight is 467 g/mol. The topological polar surface area (TPSA) is 72.6 Å². The van der Waals surface area contributed by atoms with Gasteiger partial charge in [-0.05, 0) is 35.4 Å². The average Bonchev–Trinajstić information content (AvgIpc) is 3.50. The second-order valence-corrected chi connectivity index (χ2v) is 8.78. The first-order valence-corrected chi connectivity index (χ1v) is 11.6. The minimum Gasteiger partial charge on any atom is -0.489 e. The van der Waals surface area contributed by atoms with Crippen molar-refractivity contribution < 1.29 is 13.9 Å². The van der Waals surface area contributed by atoms with E-state index >= 15 is 0 Å². The van der Waals surface area contributed by atoms with E-state index in [2.05, 4.69) is 4.98 Å². The van der Waals surface area contributed by atoms with Crippen molar-refractivity contribution in [3.05, 3.63) is 123 Å². The van der Waals surface area contributed by atoms with Crippen LogP contribution in [0.3, 0.4) is 0 Å². The Bertz CT molecular complexity index is 1560. The van der Waals surface area contributed by atoms with E-state index in [0.29, 0.717) is 34.0 Å². The van der Waals surface area contributed by atoms with Crippen molar-refractivity contribution in [2.45, 2.75) is 12.6 Å². The van der Waals surface area contributed by atoms with Gasteiger partial charge in [0.25, 0.3) is 5.91 Å². The van der Waals surface area contributed by atoms with Gasteiger partial charge in [-0.1, -0.05) is 54.6 Å². The van der Waals surface area contributed by atoms with Gasteiger partial charge in [-0.3, -0.25) is 14.5 Å². The minimum absolute atomic E-state index is 0.0551. The number of para-hydroxylation sites is 1. The Hall–Kier alpha value is -4.23. The van der Waals surface area contributed by atoms with Gasteiger partial charge in [0.05, 0.1) is 17.0 Å². The highest BCUT2D eigenvalue weighted by Gasteiger charge is 2.44. The standard InChI is InChI=1S/C27H18N2O4S/c30-24-20-11-4-5-12-21(20)33-25-22(24)23(29(26(25)31)27-28-13-14-34-27)18-9-6-10-19(15-18)32-16-17-7-2-1-3-8-17/h1-15,23H,16H2. The molecule has 6 rings (SSSR count). The molecule has 1 aliphatic heterocycles. The summed E-state index contributed by atoms with van der Waals surface area (Å²) in [7, 11) is 0. The lowest BCUT2D eigenvalue weighted by molar-refractivity contribution is 0.0971. The molecule has 2 aromatic heterocycles. The van der Waals surface area contributed by atoms with Crippen LogP contribution in [-0.2, 0) is 6.61 Å². The molecular weight excluding hydrogens is 448 g/mol. The lowest BCUT2D eigenvalue weighted by Gasteiger charge is -2.23. The predicted molar refractivity (Wildman–Crippen MR) is 130 cm³/mol. The molecule has 1 unspecified atom stereocenters. The lowest BCUT2D eigenvalue weighted by atomic mass is 9.98. The van der Waals surface area contributed by atoms with Crippen LogP contribution < -0.4 is 15.1 Å². The molecule has 0 saturated carbocycles.